The van der Waals surface area contributed by atoms with Gasteiger partial charge in [-0.1, -0.05) is 36.2 Å². The van der Waals surface area contributed by atoms with Crippen molar-refractivity contribution in [2.75, 3.05) is 6.54 Å². The molecule has 17 heavy (non-hydrogen) atoms. The van der Waals surface area contributed by atoms with Crippen molar-refractivity contribution in [2.45, 2.75) is 38.8 Å². The van der Waals surface area contributed by atoms with E-state index in [1.807, 2.05) is 19.1 Å². The van der Waals surface area contributed by atoms with E-state index in [9.17, 15) is 5.11 Å². The molecule has 2 nitrogen and oxygen atoms in total. The van der Waals surface area contributed by atoms with Crippen molar-refractivity contribution in [1.82, 2.24) is 5.32 Å². The molecule has 96 valence electrons. The van der Waals surface area contributed by atoms with Gasteiger partial charge in [0.2, 0.25) is 0 Å². The summed E-state index contributed by atoms with van der Waals surface area (Å²) in [7, 11) is 0. The molecule has 0 saturated heterocycles. The average Bonchev–Trinajstić information content (AvgIpc) is 2.32. The van der Waals surface area contributed by atoms with Crippen LogP contribution in [0.2, 0.25) is 10.0 Å². The SMILES string of the molecule is CCC(O)CCNC(C)c1ccc(Cl)c(Cl)c1. The normalized spacial score (nSPS) is 14.6. The van der Waals surface area contributed by atoms with Crippen molar-refractivity contribution in [3.63, 3.8) is 0 Å². The largest absolute Gasteiger partial charge is 0.393 e. The summed E-state index contributed by atoms with van der Waals surface area (Å²) in [5, 5.41) is 13.9. The quantitative estimate of drug-likeness (QED) is 0.828. The van der Waals surface area contributed by atoms with Gasteiger partial charge in [0.05, 0.1) is 16.1 Å². The molecule has 0 aliphatic carbocycles. The van der Waals surface area contributed by atoms with E-state index in [0.717, 1.165) is 24.9 Å². The van der Waals surface area contributed by atoms with Gasteiger partial charge in [-0.2, -0.15) is 0 Å². The smallest absolute Gasteiger partial charge is 0.0595 e. The van der Waals surface area contributed by atoms with Crippen LogP contribution in [0.25, 0.3) is 0 Å². The second-order valence-electron chi connectivity index (χ2n) is 4.20. The molecular weight excluding hydrogens is 257 g/mol. The van der Waals surface area contributed by atoms with E-state index >= 15 is 0 Å². The molecule has 0 saturated carbocycles. The fourth-order valence-electron chi connectivity index (χ4n) is 1.57. The number of nitrogens with one attached hydrogen (secondary N) is 1. The van der Waals surface area contributed by atoms with Crippen molar-refractivity contribution in [3.8, 4) is 0 Å². The highest BCUT2D eigenvalue weighted by Crippen LogP contribution is 2.25. The first-order valence-electron chi connectivity index (χ1n) is 5.91. The monoisotopic (exact) mass is 275 g/mol. The number of hydrogen-bond donors (Lipinski definition) is 2. The maximum atomic E-state index is 9.44. The molecule has 4 heteroatoms. The predicted molar refractivity (Wildman–Crippen MR) is 73.8 cm³/mol. The van der Waals surface area contributed by atoms with Crippen LogP contribution in [0, 0.1) is 0 Å². The van der Waals surface area contributed by atoms with Crippen LogP contribution in [-0.4, -0.2) is 17.8 Å². The number of aliphatic hydroxyl groups is 1. The van der Waals surface area contributed by atoms with Crippen LogP contribution in [0.4, 0.5) is 0 Å². The summed E-state index contributed by atoms with van der Waals surface area (Å²) in [5.41, 5.74) is 1.10. The van der Waals surface area contributed by atoms with Gasteiger partial charge in [0.25, 0.3) is 0 Å². The van der Waals surface area contributed by atoms with Crippen molar-refractivity contribution in [1.29, 1.82) is 0 Å². The third kappa shape index (κ3) is 4.84. The van der Waals surface area contributed by atoms with Gasteiger partial charge in [-0.05, 0) is 44.0 Å². The van der Waals surface area contributed by atoms with Gasteiger partial charge in [-0.15, -0.1) is 0 Å². The van der Waals surface area contributed by atoms with E-state index in [4.69, 9.17) is 23.2 Å². The maximum absolute atomic E-state index is 9.44. The number of rotatable bonds is 6. The Morgan fingerprint density at radius 2 is 2.00 bits per heavy atom. The highest BCUT2D eigenvalue weighted by molar-refractivity contribution is 6.42. The lowest BCUT2D eigenvalue weighted by Crippen LogP contribution is -2.23. The van der Waals surface area contributed by atoms with Crippen LogP contribution in [0.1, 0.15) is 38.3 Å². The highest BCUT2D eigenvalue weighted by Gasteiger charge is 2.08. The lowest BCUT2D eigenvalue weighted by atomic mass is 10.1. The molecule has 0 heterocycles. The van der Waals surface area contributed by atoms with E-state index in [2.05, 4.69) is 12.2 Å². The number of aliphatic hydroxyl groups excluding tert-OH is 1. The van der Waals surface area contributed by atoms with Gasteiger partial charge in [0.15, 0.2) is 0 Å². The molecule has 1 rings (SSSR count). The number of benzene rings is 1. The van der Waals surface area contributed by atoms with Crippen LogP contribution in [-0.2, 0) is 0 Å². The van der Waals surface area contributed by atoms with Gasteiger partial charge >= 0.3 is 0 Å². The first-order valence-corrected chi connectivity index (χ1v) is 6.66. The Kier molecular flexibility index (Phi) is 6.28. The minimum Gasteiger partial charge on any atom is -0.393 e. The fraction of sp³-hybridized carbons (Fsp3) is 0.538. The first kappa shape index (κ1) is 14.8. The molecule has 1 aromatic rings. The minimum atomic E-state index is -0.219. The van der Waals surface area contributed by atoms with E-state index in [1.165, 1.54) is 0 Å². The van der Waals surface area contributed by atoms with E-state index < -0.39 is 0 Å². The summed E-state index contributed by atoms with van der Waals surface area (Å²) in [6.45, 7) is 4.83. The first-order chi connectivity index (χ1) is 8.04. The van der Waals surface area contributed by atoms with Gasteiger partial charge in [-0.25, -0.2) is 0 Å². The van der Waals surface area contributed by atoms with E-state index in [0.29, 0.717) is 10.0 Å². The molecule has 0 bridgehead atoms. The lowest BCUT2D eigenvalue weighted by Gasteiger charge is -2.16. The Hall–Kier alpha value is -0.280. The molecular formula is C13H19Cl2NO. The molecule has 2 N–H and O–H groups in total. The third-order valence-corrected chi connectivity index (χ3v) is 3.58. The zero-order valence-corrected chi connectivity index (χ0v) is 11.7. The third-order valence-electron chi connectivity index (χ3n) is 2.84. The van der Waals surface area contributed by atoms with Crippen molar-refractivity contribution in [3.05, 3.63) is 33.8 Å². The Morgan fingerprint density at radius 3 is 2.59 bits per heavy atom. The van der Waals surface area contributed by atoms with Gasteiger partial charge < -0.3 is 10.4 Å². The van der Waals surface area contributed by atoms with Crippen molar-refractivity contribution >= 4 is 23.2 Å². The zero-order chi connectivity index (χ0) is 12.8. The molecule has 2 atom stereocenters. The summed E-state index contributed by atoms with van der Waals surface area (Å²) >= 11 is 11.8. The summed E-state index contributed by atoms with van der Waals surface area (Å²) in [6.07, 6.45) is 1.34. The van der Waals surface area contributed by atoms with Crippen LogP contribution >= 0.6 is 23.2 Å². The summed E-state index contributed by atoms with van der Waals surface area (Å²) < 4.78 is 0. The van der Waals surface area contributed by atoms with Crippen LogP contribution < -0.4 is 5.32 Å². The summed E-state index contributed by atoms with van der Waals surface area (Å²) in [5.74, 6) is 0. The minimum absolute atomic E-state index is 0.203. The zero-order valence-electron chi connectivity index (χ0n) is 10.2. The van der Waals surface area contributed by atoms with Crippen LogP contribution in [0.5, 0.6) is 0 Å². The molecule has 0 aliphatic rings. The Morgan fingerprint density at radius 1 is 1.29 bits per heavy atom. The summed E-state index contributed by atoms with van der Waals surface area (Å²) in [6, 6.07) is 5.84. The molecule has 0 amide bonds. The number of hydrogen-bond acceptors (Lipinski definition) is 2. The van der Waals surface area contributed by atoms with Crippen LogP contribution in [0.15, 0.2) is 18.2 Å². The average molecular weight is 276 g/mol. The second-order valence-corrected chi connectivity index (χ2v) is 5.01. The van der Waals surface area contributed by atoms with Crippen molar-refractivity contribution in [2.24, 2.45) is 0 Å². The number of halogens is 2. The molecule has 0 spiro atoms. The summed E-state index contributed by atoms with van der Waals surface area (Å²) in [4.78, 5) is 0. The molecule has 0 fully saturated rings. The molecule has 0 radical (unpaired) electrons. The molecule has 1 aromatic carbocycles. The Bertz CT molecular complexity index is 357. The van der Waals surface area contributed by atoms with E-state index in [-0.39, 0.29) is 12.1 Å². The standard InChI is InChI=1S/C13H19Cl2NO/c1-3-11(17)6-7-16-9(2)10-4-5-12(14)13(15)8-10/h4-5,8-9,11,16-17H,3,6-7H2,1-2H3. The van der Waals surface area contributed by atoms with Gasteiger partial charge in [0, 0.05) is 6.04 Å². The molecule has 0 aromatic heterocycles. The maximum Gasteiger partial charge on any atom is 0.0595 e. The van der Waals surface area contributed by atoms with Crippen LogP contribution in [0.3, 0.4) is 0 Å². The Labute approximate surface area is 113 Å². The fourth-order valence-corrected chi connectivity index (χ4v) is 1.88. The molecule has 0 aliphatic heterocycles. The second kappa shape index (κ2) is 7.22. The predicted octanol–water partition coefficient (Wildman–Crippen LogP) is 3.81. The van der Waals surface area contributed by atoms with Gasteiger partial charge in [0.1, 0.15) is 0 Å². The highest BCUT2D eigenvalue weighted by atomic mass is 35.5. The topological polar surface area (TPSA) is 32.3 Å². The van der Waals surface area contributed by atoms with Gasteiger partial charge in [-0.3, -0.25) is 0 Å². The van der Waals surface area contributed by atoms with Crippen molar-refractivity contribution < 1.29 is 5.11 Å². The Balaban J connectivity index is 2.46. The molecule has 2 unspecified atom stereocenters. The lowest BCUT2D eigenvalue weighted by molar-refractivity contribution is 0.159. The van der Waals surface area contributed by atoms with E-state index in [1.54, 1.807) is 6.07 Å².